The van der Waals surface area contributed by atoms with Crippen LogP contribution < -0.4 is 0 Å². The summed E-state index contributed by atoms with van der Waals surface area (Å²) in [5, 5.41) is 21.0. The lowest BCUT2D eigenvalue weighted by atomic mass is 9.35. The van der Waals surface area contributed by atoms with Crippen molar-refractivity contribution in [2.75, 3.05) is 13.7 Å². The predicted molar refractivity (Wildman–Crippen MR) is 94.7 cm³/mol. The van der Waals surface area contributed by atoms with E-state index in [1.54, 1.807) is 0 Å². The summed E-state index contributed by atoms with van der Waals surface area (Å²) in [4.78, 5) is 12.7. The molecule has 0 amide bonds. The molecule has 4 nitrogen and oxygen atoms in total. The molecule has 2 N–H and O–H groups in total. The number of methoxy groups -OCH3 is 1. The Labute approximate surface area is 151 Å². The lowest BCUT2D eigenvalue weighted by Gasteiger charge is -2.69. The van der Waals surface area contributed by atoms with Crippen LogP contribution in [0.25, 0.3) is 0 Å². The third-order valence-corrected chi connectivity index (χ3v) is 9.35. The fourth-order valence-corrected chi connectivity index (χ4v) is 8.20. The van der Waals surface area contributed by atoms with Crippen molar-refractivity contribution in [1.82, 2.24) is 0 Å². The molecular weight excluding hydrogens is 316 g/mol. The van der Waals surface area contributed by atoms with E-state index in [1.165, 1.54) is 7.11 Å². The second-order valence-electron chi connectivity index (χ2n) is 9.97. The van der Waals surface area contributed by atoms with Crippen molar-refractivity contribution < 1.29 is 19.7 Å². The molecule has 1 spiro atoms. The molecule has 5 rings (SSSR count). The summed E-state index contributed by atoms with van der Waals surface area (Å²) in [6.07, 6.45) is 8.12. The lowest BCUT2D eigenvalue weighted by molar-refractivity contribution is -0.248. The number of rotatable bonds is 2. The average Bonchev–Trinajstić information content (AvgIpc) is 2.61. The number of ether oxygens (including phenoxy) is 1. The highest BCUT2D eigenvalue weighted by Crippen LogP contribution is 2.72. The van der Waals surface area contributed by atoms with Gasteiger partial charge in [-0.05, 0) is 75.0 Å². The molecule has 0 aromatic carbocycles. The zero-order valence-corrected chi connectivity index (χ0v) is 16.0. The minimum atomic E-state index is -0.388. The summed E-state index contributed by atoms with van der Waals surface area (Å²) in [6.45, 7) is 4.62. The highest BCUT2D eigenvalue weighted by molar-refractivity contribution is 5.77. The number of carbonyl (C=O) groups is 1. The Kier molecular flexibility index (Phi) is 4.05. The number of hydrogen-bond acceptors (Lipinski definition) is 4. The van der Waals surface area contributed by atoms with Crippen molar-refractivity contribution in [3.8, 4) is 0 Å². The summed E-state index contributed by atoms with van der Waals surface area (Å²) in [5.74, 6) is 1.26. The van der Waals surface area contributed by atoms with Gasteiger partial charge in [-0.1, -0.05) is 13.3 Å². The van der Waals surface area contributed by atoms with Gasteiger partial charge in [-0.3, -0.25) is 4.79 Å². The molecule has 0 aromatic heterocycles. The molecule has 0 aliphatic heterocycles. The fourth-order valence-electron chi connectivity index (χ4n) is 8.20. The molecule has 0 saturated heterocycles. The number of hydrogen-bond donors (Lipinski definition) is 2. The molecule has 8 atom stereocenters. The summed E-state index contributed by atoms with van der Waals surface area (Å²) in [5.41, 5.74) is -0.331. The molecule has 0 radical (unpaired) electrons. The Hall–Kier alpha value is -0.610. The molecule has 5 aliphatic carbocycles. The van der Waals surface area contributed by atoms with Gasteiger partial charge in [-0.15, -0.1) is 0 Å². The first-order valence-electron chi connectivity index (χ1n) is 10.2. The molecule has 25 heavy (non-hydrogen) atoms. The highest BCUT2D eigenvalue weighted by Gasteiger charge is 2.68. The number of carbonyl (C=O) groups excluding carboxylic acids is 1. The zero-order valence-electron chi connectivity index (χ0n) is 16.0. The van der Waals surface area contributed by atoms with Gasteiger partial charge < -0.3 is 14.9 Å². The topological polar surface area (TPSA) is 66.8 Å². The van der Waals surface area contributed by atoms with E-state index in [0.29, 0.717) is 17.8 Å². The summed E-state index contributed by atoms with van der Waals surface area (Å²) < 4.78 is 5.22. The van der Waals surface area contributed by atoms with Gasteiger partial charge in [0.1, 0.15) is 0 Å². The van der Waals surface area contributed by atoms with E-state index >= 15 is 0 Å². The van der Waals surface area contributed by atoms with E-state index in [4.69, 9.17) is 4.74 Å². The smallest absolute Gasteiger partial charge is 0.311 e. The Morgan fingerprint density at radius 2 is 1.84 bits per heavy atom. The molecule has 5 saturated carbocycles. The average molecular weight is 350 g/mol. The highest BCUT2D eigenvalue weighted by atomic mass is 16.5. The minimum absolute atomic E-state index is 0.0399. The van der Waals surface area contributed by atoms with Crippen LogP contribution in [0.5, 0.6) is 0 Å². The standard InChI is InChI=1S/C21H34O4/c1-19-7-4-8-20(2,18(24)25-3)15(19)6-10-21-9-5-13(11-16(19)21)14(12-22)17(21)23/h13-17,22-23H,4-12H2,1-3H3. The molecule has 0 heterocycles. The van der Waals surface area contributed by atoms with Gasteiger partial charge in [0.2, 0.25) is 0 Å². The van der Waals surface area contributed by atoms with Gasteiger partial charge in [0, 0.05) is 17.9 Å². The van der Waals surface area contributed by atoms with Crippen LogP contribution in [0.1, 0.15) is 65.2 Å². The normalized spacial score (nSPS) is 54.5. The molecule has 0 aromatic rings. The quantitative estimate of drug-likeness (QED) is 0.751. The van der Waals surface area contributed by atoms with Crippen LogP contribution in [-0.4, -0.2) is 36.0 Å². The lowest BCUT2D eigenvalue weighted by Crippen LogP contribution is -2.67. The van der Waals surface area contributed by atoms with Crippen molar-refractivity contribution >= 4 is 5.97 Å². The summed E-state index contributed by atoms with van der Waals surface area (Å²) in [6, 6.07) is 0. The Morgan fingerprint density at radius 1 is 1.12 bits per heavy atom. The van der Waals surface area contributed by atoms with Crippen molar-refractivity contribution in [2.45, 2.75) is 71.3 Å². The predicted octanol–water partition coefficient (Wildman–Crippen LogP) is 3.15. The van der Waals surface area contributed by atoms with Crippen LogP contribution in [-0.2, 0) is 9.53 Å². The summed E-state index contributed by atoms with van der Waals surface area (Å²) in [7, 11) is 1.52. The Bertz CT molecular complexity index is 562. The largest absolute Gasteiger partial charge is 0.469 e. The maximum Gasteiger partial charge on any atom is 0.311 e. The van der Waals surface area contributed by atoms with Gasteiger partial charge >= 0.3 is 5.97 Å². The summed E-state index contributed by atoms with van der Waals surface area (Å²) >= 11 is 0. The number of aliphatic hydroxyl groups excluding tert-OH is 2. The van der Waals surface area contributed by atoms with E-state index in [0.717, 1.165) is 51.4 Å². The molecule has 142 valence electrons. The second kappa shape index (κ2) is 5.69. The van der Waals surface area contributed by atoms with Gasteiger partial charge in [-0.2, -0.15) is 0 Å². The van der Waals surface area contributed by atoms with Gasteiger partial charge in [0.25, 0.3) is 0 Å². The Balaban J connectivity index is 1.73. The van der Waals surface area contributed by atoms with Gasteiger partial charge in [0.05, 0.1) is 18.6 Å². The zero-order chi connectivity index (χ0) is 18.0. The third kappa shape index (κ3) is 2.10. The fraction of sp³-hybridized carbons (Fsp3) is 0.952. The van der Waals surface area contributed by atoms with Gasteiger partial charge in [0.15, 0.2) is 0 Å². The molecule has 4 heteroatoms. The molecule has 5 aliphatic rings. The monoisotopic (exact) mass is 350 g/mol. The van der Waals surface area contributed by atoms with Crippen LogP contribution in [0, 0.1) is 39.9 Å². The van der Waals surface area contributed by atoms with Crippen molar-refractivity contribution in [3.63, 3.8) is 0 Å². The SMILES string of the molecule is COC(=O)C1(C)CCCC2(C)C1CCC13CCC(CC21)C(CO)C3O. The first kappa shape index (κ1) is 17.8. The minimum Gasteiger partial charge on any atom is -0.469 e. The number of esters is 1. The maximum absolute atomic E-state index is 12.7. The van der Waals surface area contributed by atoms with Crippen LogP contribution in [0.3, 0.4) is 0 Å². The van der Waals surface area contributed by atoms with Crippen LogP contribution in [0.15, 0.2) is 0 Å². The van der Waals surface area contributed by atoms with E-state index < -0.39 is 0 Å². The van der Waals surface area contributed by atoms with Gasteiger partial charge in [-0.25, -0.2) is 0 Å². The maximum atomic E-state index is 12.7. The molecule has 5 fully saturated rings. The molecule has 2 bridgehead atoms. The van der Waals surface area contributed by atoms with Crippen LogP contribution >= 0.6 is 0 Å². The van der Waals surface area contributed by atoms with E-state index in [1.807, 2.05) is 0 Å². The van der Waals surface area contributed by atoms with Crippen molar-refractivity contribution in [1.29, 1.82) is 0 Å². The second-order valence-corrected chi connectivity index (χ2v) is 9.97. The van der Waals surface area contributed by atoms with E-state index in [-0.39, 0.29) is 40.8 Å². The number of aliphatic hydroxyl groups is 2. The Morgan fingerprint density at radius 3 is 2.52 bits per heavy atom. The van der Waals surface area contributed by atoms with Crippen molar-refractivity contribution in [3.05, 3.63) is 0 Å². The third-order valence-electron chi connectivity index (χ3n) is 9.35. The molecular formula is C21H34O4. The first-order chi connectivity index (χ1) is 11.8. The van der Waals surface area contributed by atoms with Crippen LogP contribution in [0.2, 0.25) is 0 Å². The first-order valence-corrected chi connectivity index (χ1v) is 10.2. The van der Waals surface area contributed by atoms with E-state index in [2.05, 4.69) is 13.8 Å². The van der Waals surface area contributed by atoms with Crippen molar-refractivity contribution in [2.24, 2.45) is 39.9 Å². The van der Waals surface area contributed by atoms with Crippen LogP contribution in [0.4, 0.5) is 0 Å². The molecule has 8 unspecified atom stereocenters. The number of fused-ring (bicyclic) bond motifs is 3. The van der Waals surface area contributed by atoms with E-state index in [9.17, 15) is 15.0 Å².